The molecule has 0 radical (unpaired) electrons. The molecule has 1 aromatic heterocycles. The second-order valence-corrected chi connectivity index (χ2v) is 12.0. The van der Waals surface area contributed by atoms with Gasteiger partial charge >= 0.3 is 0 Å². The fourth-order valence-corrected chi connectivity index (χ4v) is 7.64. The summed E-state index contributed by atoms with van der Waals surface area (Å²) in [7, 11) is 0. The van der Waals surface area contributed by atoms with Crippen molar-refractivity contribution in [3.63, 3.8) is 0 Å². The Labute approximate surface area is 259 Å². The fraction of sp³-hybridized carbons (Fsp3) is 0. The predicted molar refractivity (Wildman–Crippen MR) is 192 cm³/mol. The third-order valence-corrected chi connectivity index (χ3v) is 9.64. The molecule has 0 spiro atoms. The lowest BCUT2D eigenvalue weighted by atomic mass is 9.90. The monoisotopic (exact) mass is 570 g/mol. The van der Waals surface area contributed by atoms with Crippen LogP contribution in [0.25, 0.3) is 98.1 Å². The molecule has 0 unspecified atom stereocenters. The Hall–Kier alpha value is -5.92. The molecule has 0 amide bonds. The molecule has 1 heteroatoms. The van der Waals surface area contributed by atoms with Gasteiger partial charge in [0.15, 0.2) is 0 Å². The van der Waals surface area contributed by atoms with E-state index in [4.69, 9.17) is 4.42 Å². The topological polar surface area (TPSA) is 13.1 Å². The SMILES string of the molecule is c1ccc(-c2ccc(-c3ccc4c(ccc5oc6c(ccc7c8ccccc8c8ccccc8c76)c54)c3)c3ccccc23)cc1. The second-order valence-electron chi connectivity index (χ2n) is 12.0. The maximum Gasteiger partial charge on any atom is 0.143 e. The van der Waals surface area contributed by atoms with E-state index in [0.29, 0.717) is 0 Å². The van der Waals surface area contributed by atoms with E-state index in [9.17, 15) is 0 Å². The Morgan fingerprint density at radius 3 is 1.56 bits per heavy atom. The summed E-state index contributed by atoms with van der Waals surface area (Å²) in [6, 6.07) is 57.2. The summed E-state index contributed by atoms with van der Waals surface area (Å²) in [5.74, 6) is 0. The van der Waals surface area contributed by atoms with Crippen molar-refractivity contribution in [1.29, 1.82) is 0 Å². The highest BCUT2D eigenvalue weighted by Crippen LogP contribution is 2.44. The second kappa shape index (κ2) is 9.29. The van der Waals surface area contributed by atoms with Crippen molar-refractivity contribution < 1.29 is 4.42 Å². The van der Waals surface area contributed by atoms with Gasteiger partial charge in [-0.15, -0.1) is 0 Å². The van der Waals surface area contributed by atoms with Crippen molar-refractivity contribution in [3.05, 3.63) is 158 Å². The summed E-state index contributed by atoms with van der Waals surface area (Å²) >= 11 is 0. The smallest absolute Gasteiger partial charge is 0.143 e. The van der Waals surface area contributed by atoms with Crippen LogP contribution >= 0.6 is 0 Å². The molecule has 0 atom stereocenters. The van der Waals surface area contributed by atoms with Gasteiger partial charge in [0, 0.05) is 16.2 Å². The van der Waals surface area contributed by atoms with Gasteiger partial charge in [-0.3, -0.25) is 0 Å². The van der Waals surface area contributed by atoms with Crippen molar-refractivity contribution >= 4 is 75.8 Å². The highest BCUT2D eigenvalue weighted by atomic mass is 16.3. The Balaban J connectivity index is 1.22. The first-order chi connectivity index (χ1) is 22.3. The zero-order chi connectivity index (χ0) is 29.5. The van der Waals surface area contributed by atoms with Crippen molar-refractivity contribution in [2.24, 2.45) is 0 Å². The maximum absolute atomic E-state index is 6.76. The molecule has 0 aliphatic rings. The van der Waals surface area contributed by atoms with Crippen LogP contribution in [0.4, 0.5) is 0 Å². The molecule has 9 aromatic carbocycles. The van der Waals surface area contributed by atoms with Crippen LogP contribution in [0.2, 0.25) is 0 Å². The molecule has 0 aliphatic heterocycles. The molecule has 0 saturated carbocycles. The fourth-order valence-electron chi connectivity index (χ4n) is 7.64. The van der Waals surface area contributed by atoms with Gasteiger partial charge in [-0.1, -0.05) is 140 Å². The first-order valence-corrected chi connectivity index (χ1v) is 15.5. The minimum absolute atomic E-state index is 0.924. The minimum Gasteiger partial charge on any atom is -0.455 e. The van der Waals surface area contributed by atoms with Gasteiger partial charge in [0.05, 0.1) is 0 Å². The van der Waals surface area contributed by atoms with Gasteiger partial charge in [-0.05, 0) is 88.9 Å². The Bertz CT molecular complexity index is 2770. The van der Waals surface area contributed by atoms with Crippen molar-refractivity contribution in [1.82, 2.24) is 0 Å². The summed E-state index contributed by atoms with van der Waals surface area (Å²) < 4.78 is 6.76. The van der Waals surface area contributed by atoms with Crippen LogP contribution in [-0.2, 0) is 0 Å². The van der Waals surface area contributed by atoms with Gasteiger partial charge in [-0.2, -0.15) is 0 Å². The average Bonchev–Trinajstić information content (AvgIpc) is 3.51. The predicted octanol–water partition coefficient (Wildman–Crippen LogP) is 12.7. The quantitative estimate of drug-likeness (QED) is 0.188. The molecule has 0 bridgehead atoms. The molecule has 208 valence electrons. The van der Waals surface area contributed by atoms with Gasteiger partial charge in [0.2, 0.25) is 0 Å². The molecule has 0 aliphatic carbocycles. The lowest BCUT2D eigenvalue weighted by Gasteiger charge is -2.13. The molecule has 0 fully saturated rings. The number of hydrogen-bond acceptors (Lipinski definition) is 1. The van der Waals surface area contributed by atoms with Crippen LogP contribution in [0.3, 0.4) is 0 Å². The number of hydrogen-bond donors (Lipinski definition) is 0. The van der Waals surface area contributed by atoms with E-state index < -0.39 is 0 Å². The summed E-state index contributed by atoms with van der Waals surface area (Å²) in [5, 5.41) is 14.7. The van der Waals surface area contributed by atoms with Crippen molar-refractivity contribution in [3.8, 4) is 22.3 Å². The standard InChI is InChI=1S/C44H26O/c1-2-10-27(11-3-1)30-21-22-31(34-13-5-4-12-33(30)34)28-18-20-32-29(26-28)19-25-41-42(32)40-24-23-39-37-16-7-6-14-35(37)36-15-8-9-17-38(36)43(39)44(40)45-41/h1-26H. The van der Waals surface area contributed by atoms with E-state index >= 15 is 0 Å². The van der Waals surface area contributed by atoms with E-state index in [0.717, 1.165) is 16.6 Å². The van der Waals surface area contributed by atoms with Crippen LogP contribution in [-0.4, -0.2) is 0 Å². The van der Waals surface area contributed by atoms with Crippen LogP contribution in [0.15, 0.2) is 162 Å². The van der Waals surface area contributed by atoms with E-state index in [-0.39, 0.29) is 0 Å². The average molecular weight is 571 g/mol. The van der Waals surface area contributed by atoms with Crippen LogP contribution in [0.5, 0.6) is 0 Å². The molecule has 0 N–H and O–H groups in total. The Morgan fingerprint density at radius 2 is 0.844 bits per heavy atom. The normalized spacial score (nSPS) is 12.0. The first-order valence-electron chi connectivity index (χ1n) is 15.5. The summed E-state index contributed by atoms with van der Waals surface area (Å²) in [6.07, 6.45) is 0. The minimum atomic E-state index is 0.924. The summed E-state index contributed by atoms with van der Waals surface area (Å²) in [4.78, 5) is 0. The summed E-state index contributed by atoms with van der Waals surface area (Å²) in [6.45, 7) is 0. The third kappa shape index (κ3) is 3.50. The Kier molecular flexibility index (Phi) is 5.06. The van der Waals surface area contributed by atoms with E-state index in [1.165, 1.54) is 81.5 Å². The molecular weight excluding hydrogens is 544 g/mol. The highest BCUT2D eigenvalue weighted by molar-refractivity contribution is 6.33. The Morgan fingerprint density at radius 1 is 0.311 bits per heavy atom. The van der Waals surface area contributed by atoms with E-state index in [1.54, 1.807) is 0 Å². The van der Waals surface area contributed by atoms with Crippen molar-refractivity contribution in [2.75, 3.05) is 0 Å². The highest BCUT2D eigenvalue weighted by Gasteiger charge is 2.18. The molecule has 45 heavy (non-hydrogen) atoms. The number of fused-ring (bicyclic) bond motifs is 13. The molecule has 1 nitrogen and oxygen atoms in total. The first kappa shape index (κ1) is 24.5. The van der Waals surface area contributed by atoms with E-state index in [1.807, 2.05) is 0 Å². The molecule has 10 rings (SSSR count). The number of furan rings is 1. The molecule has 10 aromatic rings. The van der Waals surface area contributed by atoms with Crippen LogP contribution in [0.1, 0.15) is 0 Å². The zero-order valence-electron chi connectivity index (χ0n) is 24.4. The molecule has 1 heterocycles. The largest absolute Gasteiger partial charge is 0.455 e. The number of rotatable bonds is 2. The lowest BCUT2D eigenvalue weighted by Crippen LogP contribution is -1.86. The van der Waals surface area contributed by atoms with E-state index in [2.05, 4.69) is 158 Å². The van der Waals surface area contributed by atoms with Crippen LogP contribution < -0.4 is 0 Å². The zero-order valence-corrected chi connectivity index (χ0v) is 24.4. The van der Waals surface area contributed by atoms with Gasteiger partial charge < -0.3 is 4.42 Å². The van der Waals surface area contributed by atoms with Crippen molar-refractivity contribution in [2.45, 2.75) is 0 Å². The molecule has 0 saturated heterocycles. The maximum atomic E-state index is 6.76. The third-order valence-electron chi connectivity index (χ3n) is 9.64. The number of benzene rings is 9. The molecular formula is C44H26O. The van der Waals surface area contributed by atoms with Gasteiger partial charge in [0.1, 0.15) is 11.2 Å². The lowest BCUT2D eigenvalue weighted by molar-refractivity contribution is 0.673. The van der Waals surface area contributed by atoms with Gasteiger partial charge in [0.25, 0.3) is 0 Å². The van der Waals surface area contributed by atoms with Crippen LogP contribution in [0, 0.1) is 0 Å². The summed E-state index contributed by atoms with van der Waals surface area (Å²) in [5.41, 5.74) is 6.84. The van der Waals surface area contributed by atoms with Gasteiger partial charge in [-0.25, -0.2) is 0 Å².